The van der Waals surface area contributed by atoms with E-state index in [-0.39, 0.29) is 6.42 Å². The monoisotopic (exact) mass is 261 g/mol. The van der Waals surface area contributed by atoms with Gasteiger partial charge in [-0.2, -0.15) is 5.10 Å². The van der Waals surface area contributed by atoms with Crippen molar-refractivity contribution in [2.45, 2.75) is 12.5 Å². The predicted molar refractivity (Wildman–Crippen MR) is 71.1 cm³/mol. The number of hydrogen-bond donors (Lipinski definition) is 2. The molecule has 0 saturated carbocycles. The van der Waals surface area contributed by atoms with Crippen LogP contribution in [0.3, 0.4) is 0 Å². The van der Waals surface area contributed by atoms with E-state index in [4.69, 9.17) is 9.84 Å². The molecule has 0 spiro atoms. The van der Waals surface area contributed by atoms with Gasteiger partial charge in [-0.3, -0.25) is 4.79 Å². The second kappa shape index (κ2) is 6.10. The number of hydrogen-bond acceptors (Lipinski definition) is 5. The van der Waals surface area contributed by atoms with Crippen molar-refractivity contribution >= 4 is 22.6 Å². The molecule has 0 amide bonds. The van der Waals surface area contributed by atoms with Crippen LogP contribution >= 0.6 is 0 Å². The van der Waals surface area contributed by atoms with Gasteiger partial charge in [0.1, 0.15) is 0 Å². The number of nitrogens with zero attached hydrogens (tertiary/aromatic N) is 2. The number of anilines is 1. The maximum atomic E-state index is 10.7. The molecule has 0 aliphatic heterocycles. The Morgan fingerprint density at radius 1 is 1.47 bits per heavy atom. The normalized spacial score (nSPS) is 12.3. The van der Waals surface area contributed by atoms with Crippen LogP contribution in [-0.4, -0.2) is 41.0 Å². The third-order valence-corrected chi connectivity index (χ3v) is 2.80. The molecule has 1 heterocycles. The average molecular weight is 261 g/mol. The molecule has 100 valence electrons. The molecule has 0 bridgehead atoms. The summed E-state index contributed by atoms with van der Waals surface area (Å²) in [5.41, 5.74) is 0. The molecule has 0 saturated heterocycles. The van der Waals surface area contributed by atoms with Crippen molar-refractivity contribution in [3.05, 3.63) is 30.5 Å². The number of methoxy groups -OCH3 is 1. The summed E-state index contributed by atoms with van der Waals surface area (Å²) in [6.45, 7) is 0.367. The number of nitrogens with one attached hydrogen (secondary N) is 1. The third-order valence-electron chi connectivity index (χ3n) is 2.80. The van der Waals surface area contributed by atoms with Gasteiger partial charge in [-0.25, -0.2) is 0 Å². The minimum absolute atomic E-state index is 0.0539. The second-order valence-corrected chi connectivity index (χ2v) is 4.12. The molecule has 2 N–H and O–H groups in total. The molecular weight excluding hydrogens is 246 g/mol. The first-order chi connectivity index (χ1) is 9.20. The molecule has 1 aromatic heterocycles. The zero-order valence-electron chi connectivity index (χ0n) is 10.5. The van der Waals surface area contributed by atoms with Crippen LogP contribution in [0.2, 0.25) is 0 Å². The summed E-state index contributed by atoms with van der Waals surface area (Å²) in [5.74, 6) is -0.261. The summed E-state index contributed by atoms with van der Waals surface area (Å²) in [6.07, 6.45) is 1.23. The Hall–Kier alpha value is -2.21. The maximum absolute atomic E-state index is 10.7. The molecule has 6 heteroatoms. The van der Waals surface area contributed by atoms with Crippen molar-refractivity contribution in [2.24, 2.45) is 0 Å². The average Bonchev–Trinajstić information content (AvgIpc) is 2.43. The number of fused-ring (bicyclic) bond motifs is 1. The van der Waals surface area contributed by atoms with Crippen molar-refractivity contribution in [1.29, 1.82) is 0 Å². The van der Waals surface area contributed by atoms with Gasteiger partial charge in [0.2, 0.25) is 0 Å². The van der Waals surface area contributed by atoms with Gasteiger partial charge < -0.3 is 15.2 Å². The highest BCUT2D eigenvalue weighted by molar-refractivity contribution is 5.90. The van der Waals surface area contributed by atoms with Crippen LogP contribution in [0.1, 0.15) is 6.42 Å². The molecule has 1 aromatic carbocycles. The largest absolute Gasteiger partial charge is 0.481 e. The fraction of sp³-hybridized carbons (Fsp3) is 0.308. The highest BCUT2D eigenvalue weighted by Crippen LogP contribution is 2.19. The number of carboxylic acids is 1. The minimum Gasteiger partial charge on any atom is -0.481 e. The fourth-order valence-corrected chi connectivity index (χ4v) is 1.80. The Bertz CT molecular complexity index is 569. The summed E-state index contributed by atoms with van der Waals surface area (Å²) in [5, 5.41) is 21.7. The van der Waals surface area contributed by atoms with Crippen LogP contribution in [0.4, 0.5) is 5.82 Å². The maximum Gasteiger partial charge on any atom is 0.306 e. The molecule has 1 atom stereocenters. The van der Waals surface area contributed by atoms with Crippen LogP contribution in [0.25, 0.3) is 10.8 Å². The van der Waals surface area contributed by atoms with E-state index in [0.717, 1.165) is 10.8 Å². The summed E-state index contributed by atoms with van der Waals surface area (Å²) in [7, 11) is 1.49. The van der Waals surface area contributed by atoms with Crippen LogP contribution in [0.5, 0.6) is 0 Å². The van der Waals surface area contributed by atoms with Gasteiger partial charge in [0, 0.05) is 24.4 Å². The molecule has 0 aliphatic rings. The predicted octanol–water partition coefficient (Wildman–Crippen LogP) is 1.53. The second-order valence-electron chi connectivity index (χ2n) is 4.12. The SMILES string of the molecule is COC(CNc1nncc2ccccc12)CC(=O)O. The van der Waals surface area contributed by atoms with Crippen molar-refractivity contribution in [2.75, 3.05) is 19.0 Å². The fourth-order valence-electron chi connectivity index (χ4n) is 1.80. The topological polar surface area (TPSA) is 84.3 Å². The lowest BCUT2D eigenvalue weighted by Crippen LogP contribution is -2.25. The lowest BCUT2D eigenvalue weighted by molar-refractivity contribution is -0.139. The first-order valence-electron chi connectivity index (χ1n) is 5.89. The molecule has 1 unspecified atom stereocenters. The standard InChI is InChI=1S/C13H15N3O3/c1-19-10(6-12(17)18)8-14-13-11-5-3-2-4-9(11)7-15-16-13/h2-5,7,10H,6,8H2,1H3,(H,14,16)(H,17,18). The Morgan fingerprint density at radius 2 is 2.26 bits per heavy atom. The molecule has 0 fully saturated rings. The zero-order chi connectivity index (χ0) is 13.7. The molecule has 6 nitrogen and oxygen atoms in total. The van der Waals surface area contributed by atoms with Gasteiger partial charge in [-0.05, 0) is 0 Å². The number of benzene rings is 1. The molecule has 2 aromatic rings. The Kier molecular flexibility index (Phi) is 4.25. The van der Waals surface area contributed by atoms with Crippen LogP contribution < -0.4 is 5.32 Å². The van der Waals surface area contributed by atoms with Crippen LogP contribution in [0, 0.1) is 0 Å². The van der Waals surface area contributed by atoms with E-state index < -0.39 is 12.1 Å². The van der Waals surface area contributed by atoms with Crippen molar-refractivity contribution in [3.8, 4) is 0 Å². The van der Waals surface area contributed by atoms with Crippen LogP contribution in [0.15, 0.2) is 30.5 Å². The van der Waals surface area contributed by atoms with Gasteiger partial charge in [0.25, 0.3) is 0 Å². The molecule has 0 aliphatic carbocycles. The quantitative estimate of drug-likeness (QED) is 0.820. The molecular formula is C13H15N3O3. The Balaban J connectivity index is 2.11. The van der Waals surface area contributed by atoms with E-state index in [0.29, 0.717) is 12.4 Å². The smallest absolute Gasteiger partial charge is 0.306 e. The van der Waals surface area contributed by atoms with Crippen molar-refractivity contribution in [1.82, 2.24) is 10.2 Å². The van der Waals surface area contributed by atoms with E-state index in [1.165, 1.54) is 7.11 Å². The summed E-state index contributed by atoms with van der Waals surface area (Å²) in [6, 6.07) is 7.72. The van der Waals surface area contributed by atoms with E-state index in [1.54, 1.807) is 6.20 Å². The minimum atomic E-state index is -0.891. The van der Waals surface area contributed by atoms with Crippen LogP contribution in [-0.2, 0) is 9.53 Å². The number of ether oxygens (including phenoxy) is 1. The number of rotatable bonds is 6. The number of aromatic nitrogens is 2. The summed E-state index contributed by atoms with van der Waals surface area (Å²) >= 11 is 0. The van der Waals surface area contributed by atoms with Gasteiger partial charge in [-0.15, -0.1) is 5.10 Å². The lowest BCUT2D eigenvalue weighted by Gasteiger charge is -2.14. The van der Waals surface area contributed by atoms with E-state index >= 15 is 0 Å². The highest BCUT2D eigenvalue weighted by Gasteiger charge is 2.13. The molecule has 2 rings (SSSR count). The van der Waals surface area contributed by atoms with E-state index in [9.17, 15) is 4.79 Å². The summed E-state index contributed by atoms with van der Waals surface area (Å²) < 4.78 is 5.10. The van der Waals surface area contributed by atoms with E-state index in [1.807, 2.05) is 24.3 Å². The van der Waals surface area contributed by atoms with Gasteiger partial charge >= 0.3 is 5.97 Å². The highest BCUT2D eigenvalue weighted by atomic mass is 16.5. The van der Waals surface area contributed by atoms with Gasteiger partial charge in [0.05, 0.1) is 18.7 Å². The first kappa shape index (κ1) is 13.2. The van der Waals surface area contributed by atoms with Gasteiger partial charge in [-0.1, -0.05) is 24.3 Å². The lowest BCUT2D eigenvalue weighted by atomic mass is 10.2. The first-order valence-corrected chi connectivity index (χ1v) is 5.89. The number of aliphatic carboxylic acids is 1. The Morgan fingerprint density at radius 3 is 3.00 bits per heavy atom. The summed E-state index contributed by atoms with van der Waals surface area (Å²) in [4.78, 5) is 10.7. The van der Waals surface area contributed by atoms with Crippen molar-refractivity contribution in [3.63, 3.8) is 0 Å². The van der Waals surface area contributed by atoms with Crippen molar-refractivity contribution < 1.29 is 14.6 Å². The van der Waals surface area contributed by atoms with E-state index in [2.05, 4.69) is 15.5 Å². The number of carbonyl (C=O) groups is 1. The number of carboxylic acid groups (broad SMARTS) is 1. The molecule has 19 heavy (non-hydrogen) atoms. The van der Waals surface area contributed by atoms with Gasteiger partial charge in [0.15, 0.2) is 5.82 Å². The Labute approximate surface area is 110 Å². The molecule has 0 radical (unpaired) electrons. The zero-order valence-corrected chi connectivity index (χ0v) is 10.5. The third kappa shape index (κ3) is 3.38.